The molecule has 1 atom stereocenters. The zero-order valence-electron chi connectivity index (χ0n) is 9.27. The van der Waals surface area contributed by atoms with Gasteiger partial charge in [-0.15, -0.1) is 12.4 Å². The van der Waals surface area contributed by atoms with Crippen molar-refractivity contribution in [3.8, 4) is 5.75 Å². The van der Waals surface area contributed by atoms with Gasteiger partial charge in [-0.25, -0.2) is 0 Å². The van der Waals surface area contributed by atoms with E-state index < -0.39 is 6.04 Å². The second kappa shape index (κ2) is 6.35. The van der Waals surface area contributed by atoms with Crippen molar-refractivity contribution in [2.75, 3.05) is 7.11 Å². The highest BCUT2D eigenvalue weighted by Crippen LogP contribution is 2.25. The van der Waals surface area contributed by atoms with Gasteiger partial charge in [0.25, 0.3) is 0 Å². The Bertz CT molecular complexity index is 368. The lowest BCUT2D eigenvalue weighted by atomic mass is 10.0. The molecule has 0 aliphatic carbocycles. The maximum absolute atomic E-state index is 11.0. The molecule has 1 aromatic carbocycles. The van der Waals surface area contributed by atoms with E-state index in [0.717, 1.165) is 5.56 Å². The van der Waals surface area contributed by atoms with Gasteiger partial charge in [0.05, 0.1) is 13.5 Å². The van der Waals surface area contributed by atoms with Crippen molar-refractivity contribution < 1.29 is 14.6 Å². The molecule has 90 valence electrons. The van der Waals surface area contributed by atoms with Gasteiger partial charge in [-0.3, -0.25) is 4.79 Å². The Morgan fingerprint density at radius 3 is 2.69 bits per heavy atom. The molecule has 0 spiro atoms. The molecule has 1 rings (SSSR count). The lowest BCUT2D eigenvalue weighted by Gasteiger charge is -2.12. The molecule has 0 aliphatic heterocycles. The maximum atomic E-state index is 11.0. The number of aromatic hydroxyl groups is 1. The van der Waals surface area contributed by atoms with Crippen molar-refractivity contribution in [3.63, 3.8) is 0 Å². The second-order valence-corrected chi connectivity index (χ2v) is 3.45. The number of esters is 1. The molecule has 5 heteroatoms. The number of halogens is 1. The fourth-order valence-corrected chi connectivity index (χ4v) is 1.34. The zero-order chi connectivity index (χ0) is 11.4. The normalized spacial score (nSPS) is 11.4. The SMILES string of the molecule is COC(=O)C[C@H](N)c1ccc(C)cc1O.Cl. The molecule has 1 aromatic rings. The van der Waals surface area contributed by atoms with Gasteiger partial charge in [-0.1, -0.05) is 12.1 Å². The molecule has 4 nitrogen and oxygen atoms in total. The summed E-state index contributed by atoms with van der Waals surface area (Å²) in [5.74, 6) is -0.270. The summed E-state index contributed by atoms with van der Waals surface area (Å²) in [5.41, 5.74) is 7.27. The van der Waals surface area contributed by atoms with E-state index in [1.165, 1.54) is 7.11 Å². The molecular formula is C11H16ClNO3. The molecule has 0 amide bonds. The number of carbonyl (C=O) groups excluding carboxylic acids is 1. The highest BCUT2D eigenvalue weighted by atomic mass is 35.5. The minimum absolute atomic E-state index is 0. The number of hydrogen-bond donors (Lipinski definition) is 2. The van der Waals surface area contributed by atoms with E-state index in [9.17, 15) is 9.90 Å². The summed E-state index contributed by atoms with van der Waals surface area (Å²) >= 11 is 0. The monoisotopic (exact) mass is 245 g/mol. The van der Waals surface area contributed by atoms with Crippen molar-refractivity contribution >= 4 is 18.4 Å². The summed E-state index contributed by atoms with van der Waals surface area (Å²) < 4.78 is 4.51. The van der Waals surface area contributed by atoms with Crippen molar-refractivity contribution in [3.05, 3.63) is 29.3 Å². The molecular weight excluding hydrogens is 230 g/mol. The van der Waals surface area contributed by atoms with E-state index in [-0.39, 0.29) is 30.5 Å². The first-order valence-corrected chi connectivity index (χ1v) is 4.66. The Morgan fingerprint density at radius 2 is 2.19 bits per heavy atom. The van der Waals surface area contributed by atoms with Gasteiger partial charge < -0.3 is 15.6 Å². The molecule has 0 radical (unpaired) electrons. The van der Waals surface area contributed by atoms with Crippen LogP contribution < -0.4 is 5.73 Å². The van der Waals surface area contributed by atoms with E-state index >= 15 is 0 Å². The Kier molecular flexibility index (Phi) is 5.85. The number of nitrogens with two attached hydrogens (primary N) is 1. The van der Waals surface area contributed by atoms with Gasteiger partial charge in [0, 0.05) is 11.6 Å². The number of phenols is 1. The highest BCUT2D eigenvalue weighted by Gasteiger charge is 2.15. The van der Waals surface area contributed by atoms with Gasteiger partial charge in [-0.05, 0) is 18.6 Å². The van der Waals surface area contributed by atoms with Crippen LogP contribution in [0.3, 0.4) is 0 Å². The minimum Gasteiger partial charge on any atom is -0.508 e. The number of rotatable bonds is 3. The van der Waals surface area contributed by atoms with Gasteiger partial charge in [0.15, 0.2) is 0 Å². The van der Waals surface area contributed by atoms with E-state index in [4.69, 9.17) is 5.73 Å². The number of carbonyl (C=O) groups is 1. The predicted octanol–water partition coefficient (Wildman–Crippen LogP) is 1.69. The second-order valence-electron chi connectivity index (χ2n) is 3.45. The van der Waals surface area contributed by atoms with Gasteiger partial charge in [0.2, 0.25) is 0 Å². The third kappa shape index (κ3) is 3.72. The summed E-state index contributed by atoms with van der Waals surface area (Å²) in [5, 5.41) is 9.62. The van der Waals surface area contributed by atoms with E-state index in [0.29, 0.717) is 5.56 Å². The molecule has 0 unspecified atom stereocenters. The summed E-state index contributed by atoms with van der Waals surface area (Å²) in [6.07, 6.45) is 0.0626. The van der Waals surface area contributed by atoms with Crippen LogP contribution in [0.15, 0.2) is 18.2 Å². The van der Waals surface area contributed by atoms with Crippen molar-refractivity contribution in [2.24, 2.45) is 5.73 Å². The van der Waals surface area contributed by atoms with Crippen LogP contribution in [0.5, 0.6) is 5.75 Å². The summed E-state index contributed by atoms with van der Waals surface area (Å²) in [6, 6.07) is 4.65. The summed E-state index contributed by atoms with van der Waals surface area (Å²) in [4.78, 5) is 11.0. The first kappa shape index (κ1) is 14.7. The van der Waals surface area contributed by atoms with Crippen LogP contribution in [0.1, 0.15) is 23.6 Å². The number of aryl methyl sites for hydroxylation is 1. The van der Waals surface area contributed by atoms with Crippen LogP contribution in [0.2, 0.25) is 0 Å². The van der Waals surface area contributed by atoms with Gasteiger partial charge in [-0.2, -0.15) is 0 Å². The number of benzene rings is 1. The van der Waals surface area contributed by atoms with Crippen molar-refractivity contribution in [1.29, 1.82) is 0 Å². The Balaban J connectivity index is 0.00000225. The van der Waals surface area contributed by atoms with Gasteiger partial charge in [0.1, 0.15) is 5.75 Å². The third-order valence-corrected chi connectivity index (χ3v) is 2.20. The fraction of sp³-hybridized carbons (Fsp3) is 0.364. The zero-order valence-corrected chi connectivity index (χ0v) is 10.1. The summed E-state index contributed by atoms with van der Waals surface area (Å²) in [7, 11) is 1.31. The molecule has 0 saturated carbocycles. The Hall–Kier alpha value is -1.26. The summed E-state index contributed by atoms with van der Waals surface area (Å²) in [6.45, 7) is 1.87. The van der Waals surface area contributed by atoms with E-state index in [1.807, 2.05) is 13.0 Å². The van der Waals surface area contributed by atoms with E-state index in [2.05, 4.69) is 4.74 Å². The maximum Gasteiger partial charge on any atom is 0.307 e. The van der Waals surface area contributed by atoms with Crippen molar-refractivity contribution in [2.45, 2.75) is 19.4 Å². The van der Waals surface area contributed by atoms with Crippen molar-refractivity contribution in [1.82, 2.24) is 0 Å². The van der Waals surface area contributed by atoms with Crippen LogP contribution in [0.25, 0.3) is 0 Å². The highest BCUT2D eigenvalue weighted by molar-refractivity contribution is 5.85. The number of hydrogen-bond acceptors (Lipinski definition) is 4. The fourth-order valence-electron chi connectivity index (χ4n) is 1.34. The molecule has 3 N–H and O–H groups in total. The predicted molar refractivity (Wildman–Crippen MR) is 63.7 cm³/mol. The third-order valence-electron chi connectivity index (χ3n) is 2.20. The first-order valence-electron chi connectivity index (χ1n) is 4.66. The molecule has 16 heavy (non-hydrogen) atoms. The molecule has 0 heterocycles. The van der Waals surface area contributed by atoms with Crippen LogP contribution in [-0.2, 0) is 9.53 Å². The molecule has 0 bridgehead atoms. The average Bonchev–Trinajstić information content (AvgIpc) is 2.17. The van der Waals surface area contributed by atoms with Gasteiger partial charge >= 0.3 is 5.97 Å². The van der Waals surface area contributed by atoms with Crippen LogP contribution in [0, 0.1) is 6.92 Å². The first-order chi connectivity index (χ1) is 7.04. The average molecular weight is 246 g/mol. The standard InChI is InChI=1S/C11H15NO3.ClH/c1-7-3-4-8(10(13)5-7)9(12)6-11(14)15-2;/h3-5,9,13H,6,12H2,1-2H3;1H/t9-;/m0./s1. The number of phenolic OH excluding ortho intramolecular Hbond substituents is 1. The molecule has 0 aromatic heterocycles. The van der Waals surface area contributed by atoms with Crippen LogP contribution in [0.4, 0.5) is 0 Å². The molecule has 0 fully saturated rings. The lowest BCUT2D eigenvalue weighted by molar-refractivity contribution is -0.141. The number of methoxy groups -OCH3 is 1. The topological polar surface area (TPSA) is 72.5 Å². The number of ether oxygens (including phenoxy) is 1. The Labute approximate surface area is 101 Å². The minimum atomic E-state index is -0.530. The Morgan fingerprint density at radius 1 is 1.56 bits per heavy atom. The van der Waals surface area contributed by atoms with E-state index in [1.54, 1.807) is 12.1 Å². The smallest absolute Gasteiger partial charge is 0.307 e. The molecule has 0 saturated heterocycles. The van der Waals surface area contributed by atoms with Crippen LogP contribution in [-0.4, -0.2) is 18.2 Å². The lowest BCUT2D eigenvalue weighted by Crippen LogP contribution is -2.16. The van der Waals surface area contributed by atoms with Crippen LogP contribution >= 0.6 is 12.4 Å². The largest absolute Gasteiger partial charge is 0.508 e. The quantitative estimate of drug-likeness (QED) is 0.795. The molecule has 0 aliphatic rings.